The predicted octanol–water partition coefficient (Wildman–Crippen LogP) is 3.82. The monoisotopic (exact) mass is 392 g/mol. The van der Waals surface area contributed by atoms with E-state index in [1.54, 1.807) is 13.2 Å². The van der Waals surface area contributed by atoms with Gasteiger partial charge < -0.3 is 19.3 Å². The quantitative estimate of drug-likeness (QED) is 0.424. The number of aliphatic hydroxyl groups excluding tert-OH is 1. The van der Waals surface area contributed by atoms with Crippen LogP contribution in [0.25, 0.3) is 32.8 Å². The molecule has 146 valence electrons. The number of benzene rings is 3. The Morgan fingerprint density at radius 3 is 2.72 bits per heavy atom. The van der Waals surface area contributed by atoms with Gasteiger partial charge in [0.2, 0.25) is 12.3 Å². The fraction of sp³-hybridized carbons (Fsp3) is 0.174. The van der Waals surface area contributed by atoms with Crippen LogP contribution in [0.4, 0.5) is 4.39 Å². The molecule has 1 aliphatic rings. The average molecular weight is 392 g/mol. The summed E-state index contributed by atoms with van der Waals surface area (Å²) in [4.78, 5) is 0. The van der Waals surface area contributed by atoms with Gasteiger partial charge in [-0.05, 0) is 42.0 Å². The SMILES string of the molecule is COc1cc2c[n+](CCO)c3ccc(F)cc3c2cc1-c1ccc2c(c1)OCO2. The first-order valence-electron chi connectivity index (χ1n) is 9.32. The van der Waals surface area contributed by atoms with E-state index in [0.29, 0.717) is 23.8 Å². The number of hydrogen-bond acceptors (Lipinski definition) is 4. The summed E-state index contributed by atoms with van der Waals surface area (Å²) in [7, 11) is 1.63. The fourth-order valence-electron chi connectivity index (χ4n) is 3.90. The Kier molecular flexibility index (Phi) is 4.21. The molecule has 1 N–H and O–H groups in total. The summed E-state index contributed by atoms with van der Waals surface area (Å²) >= 11 is 0. The lowest BCUT2D eigenvalue weighted by Gasteiger charge is -2.13. The Bertz CT molecular complexity index is 1260. The van der Waals surface area contributed by atoms with Gasteiger partial charge >= 0.3 is 0 Å². The van der Waals surface area contributed by atoms with Gasteiger partial charge in [-0.2, -0.15) is 4.57 Å². The van der Waals surface area contributed by atoms with E-state index in [1.165, 1.54) is 12.1 Å². The highest BCUT2D eigenvalue weighted by molar-refractivity contribution is 6.06. The molecular weight excluding hydrogens is 373 g/mol. The molecule has 5 rings (SSSR count). The first-order valence-corrected chi connectivity index (χ1v) is 9.32. The molecule has 0 bridgehead atoms. The van der Waals surface area contributed by atoms with Crippen LogP contribution in [0.3, 0.4) is 0 Å². The van der Waals surface area contributed by atoms with E-state index in [1.807, 2.05) is 41.1 Å². The van der Waals surface area contributed by atoms with E-state index in [0.717, 1.165) is 32.8 Å². The van der Waals surface area contributed by atoms with Crippen molar-refractivity contribution in [2.75, 3.05) is 20.5 Å². The number of ether oxygens (including phenoxy) is 3. The lowest BCUT2D eigenvalue weighted by Crippen LogP contribution is -2.36. The molecule has 0 unspecified atom stereocenters. The van der Waals surface area contributed by atoms with Crippen LogP contribution in [0.2, 0.25) is 0 Å². The van der Waals surface area contributed by atoms with Crippen LogP contribution in [0.1, 0.15) is 0 Å². The topological polar surface area (TPSA) is 51.8 Å². The van der Waals surface area contributed by atoms with Crippen LogP contribution in [-0.2, 0) is 6.54 Å². The van der Waals surface area contributed by atoms with Crippen molar-refractivity contribution in [3.05, 3.63) is 60.5 Å². The van der Waals surface area contributed by atoms with Gasteiger partial charge in [-0.25, -0.2) is 4.39 Å². The second-order valence-electron chi connectivity index (χ2n) is 6.92. The largest absolute Gasteiger partial charge is 0.496 e. The molecule has 4 aromatic rings. The Morgan fingerprint density at radius 1 is 1.03 bits per heavy atom. The lowest BCUT2D eigenvalue weighted by atomic mass is 9.98. The van der Waals surface area contributed by atoms with Crippen molar-refractivity contribution in [3.63, 3.8) is 0 Å². The highest BCUT2D eigenvalue weighted by Crippen LogP contribution is 2.41. The van der Waals surface area contributed by atoms with Crippen LogP contribution in [0, 0.1) is 5.82 Å². The Morgan fingerprint density at radius 2 is 1.90 bits per heavy atom. The third-order valence-corrected chi connectivity index (χ3v) is 5.25. The summed E-state index contributed by atoms with van der Waals surface area (Å²) in [5.74, 6) is 1.80. The zero-order chi connectivity index (χ0) is 20.0. The molecule has 1 aliphatic heterocycles. The van der Waals surface area contributed by atoms with Crippen molar-refractivity contribution in [1.29, 1.82) is 0 Å². The van der Waals surface area contributed by atoms with Crippen LogP contribution >= 0.6 is 0 Å². The Balaban J connectivity index is 1.80. The highest BCUT2D eigenvalue weighted by Gasteiger charge is 2.19. The average Bonchev–Trinajstić information content (AvgIpc) is 3.21. The number of methoxy groups -OCH3 is 1. The first kappa shape index (κ1) is 17.7. The van der Waals surface area contributed by atoms with Crippen molar-refractivity contribution in [3.8, 4) is 28.4 Å². The second kappa shape index (κ2) is 6.90. The smallest absolute Gasteiger partial charge is 0.231 e. The molecule has 29 heavy (non-hydrogen) atoms. The minimum atomic E-state index is -0.305. The van der Waals surface area contributed by atoms with Gasteiger partial charge in [0.15, 0.2) is 24.2 Å². The molecular formula is C23H19FNO4+. The number of hydrogen-bond donors (Lipinski definition) is 1. The highest BCUT2D eigenvalue weighted by atomic mass is 19.1. The second-order valence-corrected chi connectivity index (χ2v) is 6.92. The summed E-state index contributed by atoms with van der Waals surface area (Å²) in [6, 6.07) is 14.4. The van der Waals surface area contributed by atoms with Crippen molar-refractivity contribution in [1.82, 2.24) is 0 Å². The molecule has 0 fully saturated rings. The third-order valence-electron chi connectivity index (χ3n) is 5.25. The summed E-state index contributed by atoms with van der Waals surface area (Å²) < 4.78 is 32.6. The third kappa shape index (κ3) is 2.93. The number of aromatic nitrogens is 1. The molecule has 0 amide bonds. The Labute approximate surface area is 166 Å². The van der Waals surface area contributed by atoms with Crippen LogP contribution in [-0.4, -0.2) is 25.6 Å². The minimum absolute atomic E-state index is 0.00490. The van der Waals surface area contributed by atoms with Gasteiger partial charge in [-0.3, -0.25) is 0 Å². The molecule has 0 aliphatic carbocycles. The van der Waals surface area contributed by atoms with Gasteiger partial charge in [-0.15, -0.1) is 0 Å². The Hall–Kier alpha value is -3.38. The van der Waals surface area contributed by atoms with Gasteiger partial charge in [-0.1, -0.05) is 6.07 Å². The molecule has 0 spiro atoms. The van der Waals surface area contributed by atoms with E-state index < -0.39 is 0 Å². The van der Waals surface area contributed by atoms with Gasteiger partial charge in [0.1, 0.15) is 18.2 Å². The summed E-state index contributed by atoms with van der Waals surface area (Å²) in [5.41, 5.74) is 2.66. The number of nitrogens with zero attached hydrogens (tertiary/aromatic N) is 1. The molecule has 6 heteroatoms. The molecule has 0 atom stereocenters. The van der Waals surface area contributed by atoms with Crippen LogP contribution in [0.5, 0.6) is 17.2 Å². The number of aliphatic hydroxyl groups is 1. The normalized spacial score (nSPS) is 12.7. The molecule has 0 saturated carbocycles. The van der Waals surface area contributed by atoms with Crippen LogP contribution in [0.15, 0.2) is 54.7 Å². The van der Waals surface area contributed by atoms with E-state index in [2.05, 4.69) is 0 Å². The van der Waals surface area contributed by atoms with Crippen molar-refractivity contribution >= 4 is 21.7 Å². The summed E-state index contributed by atoms with van der Waals surface area (Å²) in [6.45, 7) is 0.627. The number of fused-ring (bicyclic) bond motifs is 4. The van der Waals surface area contributed by atoms with Gasteiger partial charge in [0.05, 0.1) is 17.9 Å². The predicted molar refractivity (Wildman–Crippen MR) is 107 cm³/mol. The number of pyridine rings is 1. The zero-order valence-corrected chi connectivity index (χ0v) is 15.8. The number of halogens is 1. The van der Waals surface area contributed by atoms with Crippen molar-refractivity contribution in [2.45, 2.75) is 6.54 Å². The lowest BCUT2D eigenvalue weighted by molar-refractivity contribution is -0.671. The molecule has 0 saturated heterocycles. The molecule has 5 nitrogen and oxygen atoms in total. The van der Waals surface area contributed by atoms with Gasteiger partial charge in [0.25, 0.3) is 0 Å². The van der Waals surface area contributed by atoms with E-state index >= 15 is 0 Å². The van der Waals surface area contributed by atoms with E-state index in [-0.39, 0.29) is 19.2 Å². The zero-order valence-electron chi connectivity index (χ0n) is 15.8. The van der Waals surface area contributed by atoms with Crippen molar-refractivity contribution < 1.29 is 28.3 Å². The maximum absolute atomic E-state index is 14.1. The first-order chi connectivity index (χ1) is 14.2. The van der Waals surface area contributed by atoms with E-state index in [9.17, 15) is 9.50 Å². The minimum Gasteiger partial charge on any atom is -0.496 e. The maximum Gasteiger partial charge on any atom is 0.231 e. The molecule has 1 aromatic heterocycles. The standard InChI is InChI=1S/C23H19FNO4/c1-27-22-9-15-12-25(6-7-26)20-4-3-16(24)10-19(20)17(15)11-18(22)14-2-5-21-23(8-14)29-13-28-21/h2-5,8-12,26H,6-7,13H2,1H3/q+1. The molecule has 0 radical (unpaired) electrons. The molecule has 2 heterocycles. The van der Waals surface area contributed by atoms with E-state index in [4.69, 9.17) is 14.2 Å². The maximum atomic E-state index is 14.1. The van der Waals surface area contributed by atoms with Crippen LogP contribution < -0.4 is 18.8 Å². The number of rotatable bonds is 4. The molecule has 3 aromatic carbocycles. The van der Waals surface area contributed by atoms with Gasteiger partial charge in [0, 0.05) is 17.0 Å². The fourth-order valence-corrected chi connectivity index (χ4v) is 3.90. The summed E-state index contributed by atoms with van der Waals surface area (Å²) in [5, 5.41) is 12.0. The van der Waals surface area contributed by atoms with Crippen molar-refractivity contribution in [2.24, 2.45) is 0 Å². The summed E-state index contributed by atoms with van der Waals surface area (Å²) in [6.07, 6.45) is 1.96.